The summed E-state index contributed by atoms with van der Waals surface area (Å²) in [6.45, 7) is 4.74. The van der Waals surface area contributed by atoms with Crippen LogP contribution in [0.4, 0.5) is 11.8 Å². The van der Waals surface area contributed by atoms with E-state index in [9.17, 15) is 0 Å². The van der Waals surface area contributed by atoms with Crippen LogP contribution in [0.2, 0.25) is 0 Å². The van der Waals surface area contributed by atoms with Gasteiger partial charge in [-0.2, -0.15) is 4.98 Å². The van der Waals surface area contributed by atoms with E-state index in [0.717, 1.165) is 22.8 Å². The summed E-state index contributed by atoms with van der Waals surface area (Å²) < 4.78 is 0. The highest BCUT2D eigenvalue weighted by Crippen LogP contribution is 2.16. The highest BCUT2D eigenvalue weighted by atomic mass is 32.1. The Bertz CT molecular complexity index is 508. The lowest BCUT2D eigenvalue weighted by molar-refractivity contribution is 1.05. The maximum Gasteiger partial charge on any atom is 0.221 e. The lowest BCUT2D eigenvalue weighted by Crippen LogP contribution is -2.05. The number of nitrogens with two attached hydrogens (primary N) is 1. The number of aryl methyl sites for hydroxylation is 2. The zero-order chi connectivity index (χ0) is 12.3. The van der Waals surface area contributed by atoms with Gasteiger partial charge in [-0.25, -0.2) is 9.97 Å². The molecule has 0 amide bonds. The third kappa shape index (κ3) is 2.91. The van der Waals surface area contributed by atoms with Crippen LogP contribution < -0.4 is 11.1 Å². The Hall–Kier alpha value is -1.69. The molecule has 0 aromatic carbocycles. The minimum atomic E-state index is 0.284. The van der Waals surface area contributed by atoms with Gasteiger partial charge in [0.2, 0.25) is 5.95 Å². The van der Waals surface area contributed by atoms with Crippen molar-refractivity contribution in [2.24, 2.45) is 0 Å². The molecule has 0 fully saturated rings. The molecule has 6 heteroatoms. The summed E-state index contributed by atoms with van der Waals surface area (Å²) in [5, 5.41) is 4.28. The summed E-state index contributed by atoms with van der Waals surface area (Å²) in [6.07, 6.45) is 4.66. The van der Waals surface area contributed by atoms with Crippen LogP contribution >= 0.6 is 11.3 Å². The zero-order valence-electron chi connectivity index (χ0n) is 9.90. The van der Waals surface area contributed by atoms with Crippen molar-refractivity contribution in [3.8, 4) is 0 Å². The normalized spacial score (nSPS) is 10.5. The first-order chi connectivity index (χ1) is 8.19. The lowest BCUT2D eigenvalue weighted by Gasteiger charge is -2.06. The first-order valence-electron chi connectivity index (χ1n) is 5.45. The molecule has 3 N–H and O–H groups in total. The largest absolute Gasteiger partial charge is 0.368 e. The van der Waals surface area contributed by atoms with Crippen molar-refractivity contribution in [1.29, 1.82) is 0 Å². The zero-order valence-corrected chi connectivity index (χ0v) is 10.7. The van der Waals surface area contributed by atoms with Crippen LogP contribution in [0.5, 0.6) is 0 Å². The summed E-state index contributed by atoms with van der Waals surface area (Å²) in [5.41, 5.74) is 6.53. The van der Waals surface area contributed by atoms with Gasteiger partial charge in [0.25, 0.3) is 0 Å². The Balaban J connectivity index is 2.04. The van der Waals surface area contributed by atoms with Gasteiger partial charge in [0.05, 0.1) is 6.54 Å². The average molecular weight is 249 g/mol. The fourth-order valence-corrected chi connectivity index (χ4v) is 2.19. The van der Waals surface area contributed by atoms with Crippen molar-refractivity contribution in [2.45, 2.75) is 26.8 Å². The van der Waals surface area contributed by atoms with Crippen LogP contribution in [0, 0.1) is 6.92 Å². The van der Waals surface area contributed by atoms with Crippen molar-refractivity contribution in [1.82, 2.24) is 15.0 Å². The molecule has 0 aliphatic rings. The van der Waals surface area contributed by atoms with Crippen LogP contribution in [-0.4, -0.2) is 15.0 Å². The monoisotopic (exact) mass is 249 g/mol. The number of nitrogen functional groups attached to an aromatic ring is 1. The molecular formula is C11H15N5S. The van der Waals surface area contributed by atoms with Gasteiger partial charge >= 0.3 is 0 Å². The van der Waals surface area contributed by atoms with E-state index in [-0.39, 0.29) is 5.95 Å². The summed E-state index contributed by atoms with van der Waals surface area (Å²) >= 11 is 1.71. The third-order valence-corrected chi connectivity index (χ3v) is 3.49. The van der Waals surface area contributed by atoms with Crippen molar-refractivity contribution in [3.05, 3.63) is 27.8 Å². The molecule has 0 unspecified atom stereocenters. The summed E-state index contributed by atoms with van der Waals surface area (Å²) in [4.78, 5) is 13.7. The van der Waals surface area contributed by atoms with Crippen molar-refractivity contribution in [3.63, 3.8) is 0 Å². The molecule has 0 saturated carbocycles. The fraction of sp³-hybridized carbons (Fsp3) is 0.364. The van der Waals surface area contributed by atoms with Crippen LogP contribution in [0.25, 0.3) is 0 Å². The molecule has 5 nitrogen and oxygen atoms in total. The number of aromatic nitrogens is 3. The first-order valence-corrected chi connectivity index (χ1v) is 6.27. The second-order valence-electron chi connectivity index (χ2n) is 3.69. The SMILES string of the molecule is CCc1cnc(CNc2nc(N)ncc2C)s1. The molecule has 0 aliphatic heterocycles. The van der Waals surface area contributed by atoms with Gasteiger partial charge in [-0.05, 0) is 13.3 Å². The maximum absolute atomic E-state index is 5.55. The number of thiazole rings is 1. The number of anilines is 2. The highest BCUT2D eigenvalue weighted by Gasteiger charge is 2.04. The topological polar surface area (TPSA) is 76.7 Å². The van der Waals surface area contributed by atoms with Gasteiger partial charge in [0.1, 0.15) is 10.8 Å². The van der Waals surface area contributed by atoms with E-state index in [1.54, 1.807) is 17.5 Å². The van der Waals surface area contributed by atoms with E-state index in [2.05, 4.69) is 27.2 Å². The van der Waals surface area contributed by atoms with E-state index in [1.807, 2.05) is 13.1 Å². The van der Waals surface area contributed by atoms with Gasteiger partial charge in [-0.3, -0.25) is 0 Å². The molecule has 17 heavy (non-hydrogen) atoms. The Kier molecular flexibility index (Phi) is 3.53. The van der Waals surface area contributed by atoms with Crippen molar-refractivity contribution >= 4 is 23.1 Å². The van der Waals surface area contributed by atoms with Crippen molar-refractivity contribution in [2.75, 3.05) is 11.1 Å². The second-order valence-corrected chi connectivity index (χ2v) is 4.89. The molecular weight excluding hydrogens is 234 g/mol. The molecule has 0 radical (unpaired) electrons. The Labute approximate surface area is 104 Å². The highest BCUT2D eigenvalue weighted by molar-refractivity contribution is 7.11. The van der Waals surface area contributed by atoms with E-state index < -0.39 is 0 Å². The predicted octanol–water partition coefficient (Wildman–Crippen LogP) is 2.00. The van der Waals surface area contributed by atoms with Crippen LogP contribution in [-0.2, 0) is 13.0 Å². The van der Waals surface area contributed by atoms with Crippen LogP contribution in [0.3, 0.4) is 0 Å². The van der Waals surface area contributed by atoms with E-state index >= 15 is 0 Å². The van der Waals surface area contributed by atoms with E-state index in [1.165, 1.54) is 4.88 Å². The molecule has 2 rings (SSSR count). The molecule has 0 saturated heterocycles. The maximum atomic E-state index is 5.55. The molecule has 0 spiro atoms. The quantitative estimate of drug-likeness (QED) is 0.866. The van der Waals surface area contributed by atoms with E-state index in [0.29, 0.717) is 6.54 Å². The predicted molar refractivity (Wildman–Crippen MR) is 70.0 cm³/mol. The average Bonchev–Trinajstić information content (AvgIpc) is 2.78. The second kappa shape index (κ2) is 5.09. The van der Waals surface area contributed by atoms with Gasteiger partial charge in [0.15, 0.2) is 0 Å². The summed E-state index contributed by atoms with van der Waals surface area (Å²) in [7, 11) is 0. The van der Waals surface area contributed by atoms with Crippen LogP contribution in [0.15, 0.2) is 12.4 Å². The minimum absolute atomic E-state index is 0.284. The summed E-state index contributed by atoms with van der Waals surface area (Å²) in [5.74, 6) is 1.05. The Morgan fingerprint density at radius 3 is 2.88 bits per heavy atom. The standard InChI is InChI=1S/C11H15N5S/c1-3-8-5-13-9(17-8)6-14-10-7(2)4-15-11(12)16-10/h4-5H,3,6H2,1-2H3,(H3,12,14,15,16). The molecule has 2 aromatic rings. The summed E-state index contributed by atoms with van der Waals surface area (Å²) in [6, 6.07) is 0. The number of rotatable bonds is 4. The minimum Gasteiger partial charge on any atom is -0.368 e. The number of hydrogen-bond donors (Lipinski definition) is 2. The smallest absolute Gasteiger partial charge is 0.221 e. The molecule has 0 atom stereocenters. The van der Waals surface area contributed by atoms with Crippen LogP contribution in [0.1, 0.15) is 22.4 Å². The lowest BCUT2D eigenvalue weighted by atomic mass is 10.3. The van der Waals surface area contributed by atoms with Gasteiger partial charge in [-0.1, -0.05) is 6.92 Å². The molecule has 2 aromatic heterocycles. The number of hydrogen-bond acceptors (Lipinski definition) is 6. The third-order valence-electron chi connectivity index (χ3n) is 2.35. The number of nitrogens with zero attached hydrogens (tertiary/aromatic N) is 3. The number of nitrogens with one attached hydrogen (secondary N) is 1. The molecule has 2 heterocycles. The fourth-order valence-electron chi connectivity index (χ4n) is 1.39. The first kappa shape index (κ1) is 11.8. The van der Waals surface area contributed by atoms with Gasteiger partial charge < -0.3 is 11.1 Å². The molecule has 90 valence electrons. The van der Waals surface area contributed by atoms with Gasteiger partial charge in [-0.15, -0.1) is 11.3 Å². The molecule has 0 bridgehead atoms. The Morgan fingerprint density at radius 2 is 2.18 bits per heavy atom. The van der Waals surface area contributed by atoms with Gasteiger partial charge in [0, 0.05) is 22.8 Å². The van der Waals surface area contributed by atoms with E-state index in [4.69, 9.17) is 5.73 Å². The molecule has 0 aliphatic carbocycles. The van der Waals surface area contributed by atoms with Crippen molar-refractivity contribution < 1.29 is 0 Å². The Morgan fingerprint density at radius 1 is 1.35 bits per heavy atom.